The molecule has 4 atom stereocenters. The minimum Gasteiger partial charge on any atom is -0.507 e. The highest BCUT2D eigenvalue weighted by atomic mass is 19.1. The largest absolute Gasteiger partial charge is 0.507 e. The second-order valence-electron chi connectivity index (χ2n) is 8.83. The number of piperidine rings is 2. The van der Waals surface area contributed by atoms with Gasteiger partial charge in [0.15, 0.2) is 6.17 Å². The summed E-state index contributed by atoms with van der Waals surface area (Å²) in [7, 11) is 0. The summed E-state index contributed by atoms with van der Waals surface area (Å²) >= 11 is 0. The van der Waals surface area contributed by atoms with Crippen LogP contribution in [0.3, 0.4) is 0 Å². The zero-order valence-electron chi connectivity index (χ0n) is 17.9. The predicted molar refractivity (Wildman–Crippen MR) is 122 cm³/mol. The lowest BCUT2D eigenvalue weighted by Crippen LogP contribution is -2.59. The van der Waals surface area contributed by atoms with E-state index in [0.29, 0.717) is 29.6 Å². The van der Waals surface area contributed by atoms with Gasteiger partial charge in [0.25, 0.3) is 0 Å². The first kappa shape index (κ1) is 20.1. The number of aromatic hydroxyl groups is 1. The molecule has 33 heavy (non-hydrogen) atoms. The van der Waals surface area contributed by atoms with Gasteiger partial charge in [-0.3, -0.25) is 0 Å². The number of aromatic nitrogens is 4. The van der Waals surface area contributed by atoms with Crippen LogP contribution in [0.25, 0.3) is 28.0 Å². The Labute approximate surface area is 190 Å². The quantitative estimate of drug-likeness (QED) is 0.491. The summed E-state index contributed by atoms with van der Waals surface area (Å²) in [6.07, 6.45) is 7.59. The zero-order chi connectivity index (χ0) is 22.4. The molecule has 0 amide bonds. The van der Waals surface area contributed by atoms with Crippen LogP contribution in [-0.4, -0.2) is 49.0 Å². The Hall–Kier alpha value is -3.52. The number of ether oxygens (including phenoxy) is 1. The summed E-state index contributed by atoms with van der Waals surface area (Å²) in [4.78, 5) is 4.31. The van der Waals surface area contributed by atoms with Gasteiger partial charge in [-0.2, -0.15) is 0 Å². The van der Waals surface area contributed by atoms with Crippen molar-refractivity contribution in [1.82, 2.24) is 24.9 Å². The molecule has 168 valence electrons. The van der Waals surface area contributed by atoms with Crippen LogP contribution in [0.1, 0.15) is 25.7 Å². The van der Waals surface area contributed by atoms with Crippen LogP contribution in [0.15, 0.2) is 61.1 Å². The molecule has 1 aromatic carbocycles. The van der Waals surface area contributed by atoms with Crippen LogP contribution in [-0.2, 0) is 0 Å². The highest BCUT2D eigenvalue weighted by Gasteiger charge is 2.41. The monoisotopic (exact) mass is 445 g/mol. The second-order valence-corrected chi connectivity index (χ2v) is 8.83. The Kier molecular flexibility index (Phi) is 4.95. The van der Waals surface area contributed by atoms with Gasteiger partial charge in [-0.1, -0.05) is 12.5 Å². The van der Waals surface area contributed by atoms with E-state index in [2.05, 4.69) is 20.5 Å². The molecular formula is C25H24FN5O2. The lowest BCUT2D eigenvalue weighted by atomic mass is 9.84. The Balaban J connectivity index is 1.20. The zero-order valence-corrected chi connectivity index (χ0v) is 17.9. The van der Waals surface area contributed by atoms with E-state index >= 15 is 0 Å². The molecule has 2 saturated heterocycles. The molecular weight excluding hydrogens is 421 g/mol. The van der Waals surface area contributed by atoms with E-state index in [9.17, 15) is 9.50 Å². The molecule has 2 aliphatic rings. The second kappa shape index (κ2) is 8.12. The molecule has 3 aromatic heterocycles. The van der Waals surface area contributed by atoms with Gasteiger partial charge in [0.2, 0.25) is 5.88 Å². The van der Waals surface area contributed by atoms with Gasteiger partial charge in [0.05, 0.1) is 5.69 Å². The number of imidazole rings is 1. The lowest BCUT2D eigenvalue weighted by molar-refractivity contribution is 0.00652. The van der Waals surface area contributed by atoms with Crippen LogP contribution in [0.5, 0.6) is 11.6 Å². The topological polar surface area (TPSA) is 84.6 Å². The molecule has 0 radical (unpaired) electrons. The van der Waals surface area contributed by atoms with Crippen molar-refractivity contribution < 1.29 is 14.2 Å². The number of benzene rings is 1. The lowest BCUT2D eigenvalue weighted by Gasteiger charge is -2.42. The molecule has 2 aliphatic heterocycles. The average molecular weight is 445 g/mol. The molecule has 0 aliphatic carbocycles. The number of nitrogens with one attached hydrogen (secondary N) is 1. The molecule has 0 saturated carbocycles. The van der Waals surface area contributed by atoms with E-state index < -0.39 is 12.3 Å². The first-order valence-electron chi connectivity index (χ1n) is 11.3. The number of nitrogens with zero attached hydrogens (tertiary/aromatic N) is 4. The molecule has 2 unspecified atom stereocenters. The number of hydrogen-bond acceptors (Lipinski definition) is 6. The highest BCUT2D eigenvalue weighted by Crippen LogP contribution is 2.34. The number of hydrogen-bond donors (Lipinski definition) is 2. The Morgan fingerprint density at radius 1 is 1.03 bits per heavy atom. The van der Waals surface area contributed by atoms with Crippen molar-refractivity contribution in [3.63, 3.8) is 0 Å². The van der Waals surface area contributed by atoms with E-state index in [1.54, 1.807) is 24.4 Å². The highest BCUT2D eigenvalue weighted by molar-refractivity contribution is 5.75. The molecule has 2 N–H and O–H groups in total. The number of phenolic OH excluding ortho intramolecular Hbond substituents is 1. The third-order valence-electron chi connectivity index (χ3n) is 6.69. The molecule has 8 heteroatoms. The van der Waals surface area contributed by atoms with E-state index in [-0.39, 0.29) is 11.8 Å². The molecule has 6 rings (SSSR count). The summed E-state index contributed by atoms with van der Waals surface area (Å²) in [5.74, 6) is 0.407. The third kappa shape index (κ3) is 3.80. The summed E-state index contributed by atoms with van der Waals surface area (Å²) in [6.45, 7) is 0. The minimum atomic E-state index is -1.05. The van der Waals surface area contributed by atoms with Crippen LogP contribution < -0.4 is 10.1 Å². The molecule has 7 nitrogen and oxygen atoms in total. The van der Waals surface area contributed by atoms with E-state index in [0.717, 1.165) is 36.0 Å². The van der Waals surface area contributed by atoms with E-state index in [4.69, 9.17) is 4.74 Å². The van der Waals surface area contributed by atoms with Crippen molar-refractivity contribution in [2.24, 2.45) is 0 Å². The van der Waals surface area contributed by atoms with Crippen molar-refractivity contribution in [3.05, 3.63) is 61.1 Å². The summed E-state index contributed by atoms with van der Waals surface area (Å²) in [5.41, 5.74) is 3.76. The molecule has 0 spiro atoms. The summed E-state index contributed by atoms with van der Waals surface area (Å²) in [6, 6.07) is 13.0. The fourth-order valence-corrected chi connectivity index (χ4v) is 4.97. The van der Waals surface area contributed by atoms with Gasteiger partial charge < -0.3 is 19.6 Å². The standard InChI is InChI=1S/C25H24FN5O2/c26-25-20-3-1-2-17(28-20)14-22(25)33-24-7-6-19(29-30-24)18-5-4-15(12-21(18)32)16-8-10-31-11-9-27-23(31)13-16/h4-13,17,20,22,25,28,32H,1-3,14H2/t17?,20?,22-,25+/m1/s1. The molecule has 4 aromatic rings. The van der Waals surface area contributed by atoms with Gasteiger partial charge in [-0.15, -0.1) is 10.2 Å². The van der Waals surface area contributed by atoms with Gasteiger partial charge >= 0.3 is 0 Å². The van der Waals surface area contributed by atoms with Crippen LogP contribution >= 0.6 is 0 Å². The van der Waals surface area contributed by atoms with Gasteiger partial charge in [0, 0.05) is 48.7 Å². The minimum absolute atomic E-state index is 0.105. The summed E-state index contributed by atoms with van der Waals surface area (Å²) < 4.78 is 22.6. The SMILES string of the molecule is Oc1cc(-c2ccn3ccnc3c2)ccc1-c1ccc(O[C@@H]2CC3CCCC(N3)[C@@H]2F)nn1. The summed E-state index contributed by atoms with van der Waals surface area (Å²) in [5, 5.41) is 22.4. The van der Waals surface area contributed by atoms with Crippen molar-refractivity contribution in [2.45, 2.75) is 50.0 Å². The molecule has 2 fully saturated rings. The van der Waals surface area contributed by atoms with E-state index in [1.165, 1.54) is 0 Å². The predicted octanol–water partition coefficient (Wildman–Crippen LogP) is 4.16. The van der Waals surface area contributed by atoms with Gasteiger partial charge in [-0.05, 0) is 54.3 Å². The Morgan fingerprint density at radius 3 is 2.79 bits per heavy atom. The van der Waals surface area contributed by atoms with Crippen LogP contribution in [0, 0.1) is 0 Å². The van der Waals surface area contributed by atoms with Crippen molar-refractivity contribution in [1.29, 1.82) is 0 Å². The molecule has 2 bridgehead atoms. The first-order valence-corrected chi connectivity index (χ1v) is 11.3. The average Bonchev–Trinajstić information content (AvgIpc) is 3.31. The maximum Gasteiger partial charge on any atom is 0.233 e. The Morgan fingerprint density at radius 2 is 1.94 bits per heavy atom. The van der Waals surface area contributed by atoms with Crippen LogP contribution in [0.4, 0.5) is 4.39 Å². The van der Waals surface area contributed by atoms with Gasteiger partial charge in [0.1, 0.15) is 17.5 Å². The number of alkyl halides is 1. The fraction of sp³-hybridized carbons (Fsp3) is 0.320. The van der Waals surface area contributed by atoms with Crippen LogP contribution in [0.2, 0.25) is 0 Å². The normalized spacial score (nSPS) is 24.6. The number of halogens is 1. The van der Waals surface area contributed by atoms with Crippen molar-refractivity contribution in [2.75, 3.05) is 0 Å². The first-order chi connectivity index (χ1) is 16.1. The number of phenols is 1. The Bertz CT molecular complexity index is 1290. The molecule has 5 heterocycles. The number of rotatable bonds is 4. The van der Waals surface area contributed by atoms with Crippen molar-refractivity contribution in [3.8, 4) is 34.0 Å². The smallest absolute Gasteiger partial charge is 0.233 e. The number of pyridine rings is 1. The number of fused-ring (bicyclic) bond motifs is 3. The van der Waals surface area contributed by atoms with Gasteiger partial charge in [-0.25, -0.2) is 9.37 Å². The third-order valence-corrected chi connectivity index (χ3v) is 6.69. The maximum absolute atomic E-state index is 14.8. The van der Waals surface area contributed by atoms with Crippen molar-refractivity contribution >= 4 is 5.65 Å². The fourth-order valence-electron chi connectivity index (χ4n) is 4.97. The van der Waals surface area contributed by atoms with E-state index in [1.807, 2.05) is 41.1 Å². The maximum atomic E-state index is 14.8.